The van der Waals surface area contributed by atoms with Gasteiger partial charge in [0.05, 0.1) is 5.02 Å². The van der Waals surface area contributed by atoms with Crippen LogP contribution in [0.1, 0.15) is 26.7 Å². The van der Waals surface area contributed by atoms with Gasteiger partial charge in [0.25, 0.3) is 0 Å². The first-order valence-corrected chi connectivity index (χ1v) is 5.48. The quantitative estimate of drug-likeness (QED) is 0.815. The van der Waals surface area contributed by atoms with Gasteiger partial charge in [-0.25, -0.2) is 4.98 Å². The van der Waals surface area contributed by atoms with Crippen LogP contribution in [0.4, 0.5) is 5.82 Å². The Bertz CT molecular complexity index is 302. The third-order valence-electron chi connectivity index (χ3n) is 2.60. The molecule has 0 bridgehead atoms. The molecule has 0 spiro atoms. The highest BCUT2D eigenvalue weighted by atomic mass is 35.5. The molecule has 0 radical (unpaired) electrons. The summed E-state index contributed by atoms with van der Waals surface area (Å²) in [4.78, 5) is 4.17. The molecular weight excluding hydrogens is 212 g/mol. The SMILES string of the molecule is CCC(C)(CCO)Nc1ccc(Cl)cn1. The van der Waals surface area contributed by atoms with Gasteiger partial charge in [-0.15, -0.1) is 0 Å². The topological polar surface area (TPSA) is 45.1 Å². The number of rotatable bonds is 5. The largest absolute Gasteiger partial charge is 0.396 e. The van der Waals surface area contributed by atoms with Gasteiger partial charge in [-0.05, 0) is 31.9 Å². The summed E-state index contributed by atoms with van der Waals surface area (Å²) in [6.07, 6.45) is 3.24. The molecule has 1 unspecified atom stereocenters. The molecule has 0 aliphatic carbocycles. The normalized spacial score (nSPS) is 14.7. The molecular formula is C11H17ClN2O. The fourth-order valence-corrected chi connectivity index (χ4v) is 1.45. The van der Waals surface area contributed by atoms with E-state index < -0.39 is 0 Å². The number of nitrogens with zero attached hydrogens (tertiary/aromatic N) is 1. The van der Waals surface area contributed by atoms with Crippen molar-refractivity contribution in [1.82, 2.24) is 4.98 Å². The highest BCUT2D eigenvalue weighted by Crippen LogP contribution is 2.20. The zero-order chi connectivity index (χ0) is 11.3. The lowest BCUT2D eigenvalue weighted by molar-refractivity contribution is 0.252. The summed E-state index contributed by atoms with van der Waals surface area (Å²) >= 11 is 5.75. The first-order chi connectivity index (χ1) is 7.09. The van der Waals surface area contributed by atoms with Crippen LogP contribution in [0.2, 0.25) is 5.02 Å². The molecule has 1 rings (SSSR count). The van der Waals surface area contributed by atoms with Crippen molar-refractivity contribution in [1.29, 1.82) is 0 Å². The summed E-state index contributed by atoms with van der Waals surface area (Å²) in [6.45, 7) is 4.32. The van der Waals surface area contributed by atoms with Crippen LogP contribution in [0, 0.1) is 0 Å². The van der Waals surface area contributed by atoms with Crippen molar-refractivity contribution in [2.75, 3.05) is 11.9 Å². The molecule has 0 saturated heterocycles. The molecule has 0 fully saturated rings. The molecule has 15 heavy (non-hydrogen) atoms. The standard InChI is InChI=1S/C11H17ClN2O/c1-3-11(2,6-7-15)14-10-5-4-9(12)8-13-10/h4-5,8,15H,3,6-7H2,1-2H3,(H,13,14). The molecule has 0 amide bonds. The van der Waals surface area contributed by atoms with Crippen LogP contribution in [0.25, 0.3) is 0 Å². The van der Waals surface area contributed by atoms with Crippen molar-refractivity contribution in [3.8, 4) is 0 Å². The highest BCUT2D eigenvalue weighted by Gasteiger charge is 2.21. The van der Waals surface area contributed by atoms with Gasteiger partial charge < -0.3 is 10.4 Å². The average Bonchev–Trinajstić information content (AvgIpc) is 2.22. The molecule has 4 heteroatoms. The molecule has 1 heterocycles. The number of pyridine rings is 1. The Morgan fingerprint density at radius 1 is 1.53 bits per heavy atom. The van der Waals surface area contributed by atoms with Gasteiger partial charge in [0.1, 0.15) is 5.82 Å². The summed E-state index contributed by atoms with van der Waals surface area (Å²) in [7, 11) is 0. The van der Waals surface area contributed by atoms with Crippen LogP contribution in [-0.2, 0) is 0 Å². The number of aromatic nitrogens is 1. The summed E-state index contributed by atoms with van der Waals surface area (Å²) in [5, 5.41) is 12.9. The number of hydrogen-bond donors (Lipinski definition) is 2. The second kappa shape index (κ2) is 5.33. The van der Waals surface area contributed by atoms with E-state index >= 15 is 0 Å². The third kappa shape index (κ3) is 3.68. The number of halogens is 1. The maximum atomic E-state index is 8.97. The van der Waals surface area contributed by atoms with Crippen molar-refractivity contribution >= 4 is 17.4 Å². The van der Waals surface area contributed by atoms with Crippen molar-refractivity contribution in [3.63, 3.8) is 0 Å². The summed E-state index contributed by atoms with van der Waals surface area (Å²) < 4.78 is 0. The van der Waals surface area contributed by atoms with Crippen LogP contribution >= 0.6 is 11.6 Å². The Morgan fingerprint density at radius 2 is 2.27 bits per heavy atom. The number of aliphatic hydroxyl groups excluding tert-OH is 1. The summed E-state index contributed by atoms with van der Waals surface area (Å²) in [5.74, 6) is 0.789. The van der Waals surface area contributed by atoms with Crippen molar-refractivity contribution in [2.24, 2.45) is 0 Å². The second-order valence-corrected chi connectivity index (χ2v) is 4.31. The molecule has 1 aromatic heterocycles. The smallest absolute Gasteiger partial charge is 0.126 e. The Labute approximate surface area is 95.5 Å². The molecule has 1 aromatic rings. The first-order valence-electron chi connectivity index (χ1n) is 5.10. The first kappa shape index (κ1) is 12.3. The van der Waals surface area contributed by atoms with E-state index in [0.717, 1.165) is 12.2 Å². The number of aliphatic hydroxyl groups is 1. The Kier molecular flexibility index (Phi) is 4.36. The maximum Gasteiger partial charge on any atom is 0.126 e. The lowest BCUT2D eigenvalue weighted by Gasteiger charge is -2.29. The highest BCUT2D eigenvalue weighted by molar-refractivity contribution is 6.30. The van der Waals surface area contributed by atoms with E-state index in [9.17, 15) is 0 Å². The molecule has 2 N–H and O–H groups in total. The van der Waals surface area contributed by atoms with Gasteiger partial charge >= 0.3 is 0 Å². The van der Waals surface area contributed by atoms with E-state index in [2.05, 4.69) is 24.1 Å². The van der Waals surface area contributed by atoms with Gasteiger partial charge in [0, 0.05) is 18.3 Å². The molecule has 0 saturated carbocycles. The van der Waals surface area contributed by atoms with E-state index in [1.807, 2.05) is 6.07 Å². The lowest BCUT2D eigenvalue weighted by atomic mass is 9.95. The molecule has 84 valence electrons. The summed E-state index contributed by atoms with van der Waals surface area (Å²) in [6, 6.07) is 3.64. The number of nitrogens with one attached hydrogen (secondary N) is 1. The molecule has 3 nitrogen and oxygen atoms in total. The van der Waals surface area contributed by atoms with Gasteiger partial charge in [-0.1, -0.05) is 18.5 Å². The minimum absolute atomic E-state index is 0.115. The second-order valence-electron chi connectivity index (χ2n) is 3.87. The third-order valence-corrected chi connectivity index (χ3v) is 2.82. The lowest BCUT2D eigenvalue weighted by Crippen LogP contribution is -2.35. The Hall–Kier alpha value is -0.800. The van der Waals surface area contributed by atoms with Crippen LogP contribution in [-0.4, -0.2) is 22.2 Å². The van der Waals surface area contributed by atoms with Crippen molar-refractivity contribution < 1.29 is 5.11 Å². The average molecular weight is 229 g/mol. The van der Waals surface area contributed by atoms with E-state index in [1.54, 1.807) is 12.3 Å². The van der Waals surface area contributed by atoms with E-state index in [1.165, 1.54) is 0 Å². The van der Waals surface area contributed by atoms with E-state index in [0.29, 0.717) is 11.4 Å². The zero-order valence-electron chi connectivity index (χ0n) is 9.13. The van der Waals surface area contributed by atoms with Gasteiger partial charge in [0.15, 0.2) is 0 Å². The molecule has 0 aliphatic rings. The maximum absolute atomic E-state index is 8.97. The Balaban J connectivity index is 2.70. The van der Waals surface area contributed by atoms with Crippen LogP contribution < -0.4 is 5.32 Å². The van der Waals surface area contributed by atoms with Crippen LogP contribution in [0.5, 0.6) is 0 Å². The minimum atomic E-state index is -0.115. The van der Waals surface area contributed by atoms with E-state index in [4.69, 9.17) is 16.7 Å². The fourth-order valence-electron chi connectivity index (χ4n) is 1.33. The van der Waals surface area contributed by atoms with E-state index in [-0.39, 0.29) is 12.1 Å². The fraction of sp³-hybridized carbons (Fsp3) is 0.545. The molecule has 1 atom stereocenters. The summed E-state index contributed by atoms with van der Waals surface area (Å²) in [5.41, 5.74) is -0.115. The number of hydrogen-bond acceptors (Lipinski definition) is 3. The predicted molar refractivity (Wildman–Crippen MR) is 63.3 cm³/mol. The molecule has 0 aromatic carbocycles. The minimum Gasteiger partial charge on any atom is -0.396 e. The van der Waals surface area contributed by atoms with Crippen LogP contribution in [0.15, 0.2) is 18.3 Å². The van der Waals surface area contributed by atoms with Gasteiger partial charge in [-0.3, -0.25) is 0 Å². The van der Waals surface area contributed by atoms with Gasteiger partial charge in [0.2, 0.25) is 0 Å². The zero-order valence-corrected chi connectivity index (χ0v) is 9.88. The van der Waals surface area contributed by atoms with Crippen LogP contribution in [0.3, 0.4) is 0 Å². The monoisotopic (exact) mass is 228 g/mol. The molecule has 0 aliphatic heterocycles. The predicted octanol–water partition coefficient (Wildman–Crippen LogP) is 2.70. The van der Waals surface area contributed by atoms with Crippen molar-refractivity contribution in [3.05, 3.63) is 23.4 Å². The van der Waals surface area contributed by atoms with Gasteiger partial charge in [-0.2, -0.15) is 0 Å². The van der Waals surface area contributed by atoms with Crippen molar-refractivity contribution in [2.45, 2.75) is 32.2 Å². The number of anilines is 1. The Morgan fingerprint density at radius 3 is 2.73 bits per heavy atom.